The van der Waals surface area contributed by atoms with E-state index in [1.807, 2.05) is 0 Å². The van der Waals surface area contributed by atoms with Gasteiger partial charge < -0.3 is 14.4 Å². The molecule has 1 heterocycles. The molecule has 0 bridgehead atoms. The first-order valence-electron chi connectivity index (χ1n) is 5.13. The minimum atomic E-state index is -0.503. The summed E-state index contributed by atoms with van der Waals surface area (Å²) in [5.74, 6) is 0.305. The second-order valence-corrected chi connectivity index (χ2v) is 3.64. The van der Waals surface area contributed by atoms with Gasteiger partial charge in [-0.15, -0.1) is 0 Å². The molecule has 1 N–H and O–H groups in total. The molecule has 0 spiro atoms. The smallest absolute Gasteiger partial charge is 0.165 e. The summed E-state index contributed by atoms with van der Waals surface area (Å²) < 4.78 is 23.6. The van der Waals surface area contributed by atoms with Crippen LogP contribution in [0.15, 0.2) is 28.8 Å². The summed E-state index contributed by atoms with van der Waals surface area (Å²) in [4.78, 5) is 0. The monoisotopic (exact) mass is 237 g/mol. The van der Waals surface area contributed by atoms with Gasteiger partial charge in [0, 0.05) is 6.07 Å². The molecule has 0 saturated heterocycles. The molecular weight excluding hydrogens is 225 g/mol. The van der Waals surface area contributed by atoms with Gasteiger partial charge in [-0.3, -0.25) is 0 Å². The lowest BCUT2D eigenvalue weighted by atomic mass is 10.2. The molecule has 17 heavy (non-hydrogen) atoms. The van der Waals surface area contributed by atoms with Gasteiger partial charge in [-0.2, -0.15) is 0 Å². The van der Waals surface area contributed by atoms with Gasteiger partial charge in [-0.1, -0.05) is 11.2 Å². The molecule has 2 aromatic rings. The number of hydrogen-bond donors (Lipinski definition) is 1. The van der Waals surface area contributed by atoms with Gasteiger partial charge in [0.15, 0.2) is 11.6 Å². The molecule has 2 rings (SSSR count). The lowest BCUT2D eigenvalue weighted by Crippen LogP contribution is -1.98. The van der Waals surface area contributed by atoms with Gasteiger partial charge in [0.25, 0.3) is 0 Å². The number of hydrogen-bond acceptors (Lipinski definition) is 4. The second kappa shape index (κ2) is 4.97. The first-order chi connectivity index (χ1) is 8.19. The average Bonchev–Trinajstić information content (AvgIpc) is 2.73. The molecule has 1 aromatic carbocycles. The molecule has 0 aliphatic carbocycles. The first kappa shape index (κ1) is 11.6. The average molecular weight is 237 g/mol. The van der Waals surface area contributed by atoms with Gasteiger partial charge >= 0.3 is 0 Å². The molecule has 0 aliphatic rings. The molecule has 0 saturated carbocycles. The highest BCUT2D eigenvalue weighted by atomic mass is 19.1. The highest BCUT2D eigenvalue weighted by molar-refractivity contribution is 5.29. The molecule has 0 aliphatic heterocycles. The van der Waals surface area contributed by atoms with Crippen LogP contribution in [0, 0.1) is 12.7 Å². The lowest BCUT2D eigenvalue weighted by molar-refractivity contribution is 0.270. The maximum atomic E-state index is 13.5. The highest BCUT2D eigenvalue weighted by Crippen LogP contribution is 2.19. The topological polar surface area (TPSA) is 55.5 Å². The Hall–Kier alpha value is -1.88. The number of aliphatic hydroxyl groups excluding tert-OH is 1. The normalized spacial score (nSPS) is 10.5. The van der Waals surface area contributed by atoms with Crippen LogP contribution in [0.3, 0.4) is 0 Å². The van der Waals surface area contributed by atoms with E-state index in [-0.39, 0.29) is 19.0 Å². The Balaban J connectivity index is 2.04. The van der Waals surface area contributed by atoms with Crippen molar-refractivity contribution in [2.24, 2.45) is 0 Å². The van der Waals surface area contributed by atoms with Gasteiger partial charge in [0.05, 0.1) is 6.61 Å². The number of aliphatic hydroxyl groups is 1. The molecular formula is C12H12FNO3. The third-order valence-electron chi connectivity index (χ3n) is 2.23. The molecule has 0 unspecified atom stereocenters. The zero-order valence-electron chi connectivity index (χ0n) is 9.31. The Kier molecular flexibility index (Phi) is 3.39. The van der Waals surface area contributed by atoms with Crippen molar-refractivity contribution in [3.8, 4) is 5.75 Å². The van der Waals surface area contributed by atoms with E-state index in [1.165, 1.54) is 12.1 Å². The number of aromatic nitrogens is 1. The van der Waals surface area contributed by atoms with E-state index in [9.17, 15) is 4.39 Å². The Morgan fingerprint density at radius 3 is 2.82 bits per heavy atom. The third kappa shape index (κ3) is 2.82. The maximum Gasteiger partial charge on any atom is 0.165 e. The number of halogens is 1. The van der Waals surface area contributed by atoms with E-state index in [0.29, 0.717) is 17.0 Å². The fourth-order valence-corrected chi connectivity index (χ4v) is 1.40. The molecule has 0 fully saturated rings. The molecule has 0 amide bonds. The molecule has 4 nitrogen and oxygen atoms in total. The van der Waals surface area contributed by atoms with E-state index in [4.69, 9.17) is 14.4 Å². The predicted octanol–water partition coefficient (Wildman–Crippen LogP) is 2.19. The van der Waals surface area contributed by atoms with Crippen LogP contribution in [-0.2, 0) is 13.2 Å². The third-order valence-corrected chi connectivity index (χ3v) is 2.23. The number of benzene rings is 1. The SMILES string of the molecule is Cc1cc(COc2ccc(CO)cc2F)no1. The van der Waals surface area contributed by atoms with Crippen molar-refractivity contribution in [2.45, 2.75) is 20.1 Å². The van der Waals surface area contributed by atoms with Crippen LogP contribution >= 0.6 is 0 Å². The van der Waals surface area contributed by atoms with E-state index in [0.717, 1.165) is 0 Å². The minimum Gasteiger partial charge on any atom is -0.484 e. The van der Waals surface area contributed by atoms with Crippen molar-refractivity contribution in [3.63, 3.8) is 0 Å². The Morgan fingerprint density at radius 2 is 2.24 bits per heavy atom. The summed E-state index contributed by atoms with van der Waals surface area (Å²) in [6, 6.07) is 6.05. The standard InChI is InChI=1S/C12H12FNO3/c1-8-4-10(14-17-8)7-16-12-3-2-9(6-15)5-11(12)13/h2-5,15H,6-7H2,1H3. The van der Waals surface area contributed by atoms with Crippen LogP contribution in [0.4, 0.5) is 4.39 Å². The molecule has 0 radical (unpaired) electrons. The van der Waals surface area contributed by atoms with Crippen molar-refractivity contribution in [3.05, 3.63) is 47.1 Å². The predicted molar refractivity (Wildman–Crippen MR) is 57.9 cm³/mol. The zero-order chi connectivity index (χ0) is 12.3. The minimum absolute atomic E-state index is 0.128. The second-order valence-electron chi connectivity index (χ2n) is 3.64. The van der Waals surface area contributed by atoms with Gasteiger partial charge in [0.1, 0.15) is 18.1 Å². The number of rotatable bonds is 4. The van der Waals surface area contributed by atoms with Crippen LogP contribution in [0.1, 0.15) is 17.0 Å². The van der Waals surface area contributed by atoms with Gasteiger partial charge in [-0.05, 0) is 24.6 Å². The Morgan fingerprint density at radius 1 is 1.41 bits per heavy atom. The fourth-order valence-electron chi connectivity index (χ4n) is 1.40. The summed E-state index contributed by atoms with van der Waals surface area (Å²) in [5, 5.41) is 12.6. The van der Waals surface area contributed by atoms with Crippen molar-refractivity contribution in [1.82, 2.24) is 5.16 Å². The van der Waals surface area contributed by atoms with Crippen LogP contribution in [-0.4, -0.2) is 10.3 Å². The fraction of sp³-hybridized carbons (Fsp3) is 0.250. The van der Waals surface area contributed by atoms with Crippen LogP contribution < -0.4 is 4.74 Å². The van der Waals surface area contributed by atoms with E-state index in [2.05, 4.69) is 5.16 Å². The number of ether oxygens (including phenoxy) is 1. The number of nitrogens with zero attached hydrogens (tertiary/aromatic N) is 1. The van der Waals surface area contributed by atoms with Gasteiger partial charge in [0.2, 0.25) is 0 Å². The van der Waals surface area contributed by atoms with E-state index in [1.54, 1.807) is 19.1 Å². The molecule has 90 valence electrons. The van der Waals surface area contributed by atoms with Crippen molar-refractivity contribution in [2.75, 3.05) is 0 Å². The molecule has 0 atom stereocenters. The summed E-state index contributed by atoms with van der Waals surface area (Å²) in [6.07, 6.45) is 0. The largest absolute Gasteiger partial charge is 0.484 e. The lowest BCUT2D eigenvalue weighted by Gasteiger charge is -2.06. The van der Waals surface area contributed by atoms with Crippen molar-refractivity contribution in [1.29, 1.82) is 0 Å². The van der Waals surface area contributed by atoms with Crippen molar-refractivity contribution < 1.29 is 18.8 Å². The van der Waals surface area contributed by atoms with Crippen LogP contribution in [0.2, 0.25) is 0 Å². The van der Waals surface area contributed by atoms with Crippen molar-refractivity contribution >= 4 is 0 Å². The van der Waals surface area contributed by atoms with E-state index >= 15 is 0 Å². The highest BCUT2D eigenvalue weighted by Gasteiger charge is 2.06. The Labute approximate surface area is 97.6 Å². The molecule has 5 heteroatoms. The number of aryl methyl sites for hydroxylation is 1. The summed E-state index contributed by atoms with van der Waals surface area (Å²) in [7, 11) is 0. The zero-order valence-corrected chi connectivity index (χ0v) is 9.31. The first-order valence-corrected chi connectivity index (χ1v) is 5.13. The van der Waals surface area contributed by atoms with Crippen LogP contribution in [0.25, 0.3) is 0 Å². The quantitative estimate of drug-likeness (QED) is 0.885. The molecule has 1 aromatic heterocycles. The summed E-state index contributed by atoms with van der Waals surface area (Å²) in [6.45, 7) is 1.72. The van der Waals surface area contributed by atoms with E-state index < -0.39 is 5.82 Å². The Bertz CT molecular complexity index is 510. The summed E-state index contributed by atoms with van der Waals surface area (Å²) in [5.41, 5.74) is 1.11. The summed E-state index contributed by atoms with van der Waals surface area (Å²) >= 11 is 0. The van der Waals surface area contributed by atoms with Gasteiger partial charge in [-0.25, -0.2) is 4.39 Å². The maximum absolute atomic E-state index is 13.5. The van der Waals surface area contributed by atoms with Crippen LogP contribution in [0.5, 0.6) is 5.75 Å².